The van der Waals surface area contributed by atoms with Crippen LogP contribution in [0.1, 0.15) is 26.7 Å². The number of benzene rings is 1. The van der Waals surface area contributed by atoms with Crippen LogP contribution in [0.25, 0.3) is 0 Å². The van der Waals surface area contributed by atoms with Crippen LogP contribution in [0, 0.1) is 0 Å². The summed E-state index contributed by atoms with van der Waals surface area (Å²) < 4.78 is 0. The van der Waals surface area contributed by atoms with E-state index in [2.05, 4.69) is 30.1 Å². The van der Waals surface area contributed by atoms with Crippen molar-refractivity contribution in [3.05, 3.63) is 29.3 Å². The summed E-state index contributed by atoms with van der Waals surface area (Å²) in [7, 11) is 0. The van der Waals surface area contributed by atoms with E-state index >= 15 is 0 Å². The molecule has 0 atom stereocenters. The number of rotatable bonds is 6. The molecule has 4 nitrogen and oxygen atoms in total. The van der Waals surface area contributed by atoms with E-state index in [-0.39, 0.29) is 5.91 Å². The van der Waals surface area contributed by atoms with Crippen molar-refractivity contribution in [3.8, 4) is 0 Å². The van der Waals surface area contributed by atoms with Gasteiger partial charge in [0.15, 0.2) is 6.54 Å². The van der Waals surface area contributed by atoms with Crippen molar-refractivity contribution in [2.75, 3.05) is 37.6 Å². The highest BCUT2D eigenvalue weighted by atomic mass is 35.5. The van der Waals surface area contributed by atoms with Gasteiger partial charge in [-0.2, -0.15) is 0 Å². The molecule has 1 aliphatic rings. The highest BCUT2D eigenvalue weighted by molar-refractivity contribution is 6.33. The molecule has 1 aromatic rings. The summed E-state index contributed by atoms with van der Waals surface area (Å²) >= 11 is 6.25. The van der Waals surface area contributed by atoms with Crippen LogP contribution in [-0.2, 0) is 4.79 Å². The molecule has 0 spiro atoms. The van der Waals surface area contributed by atoms with Crippen molar-refractivity contribution in [2.24, 2.45) is 0 Å². The van der Waals surface area contributed by atoms with E-state index in [1.165, 1.54) is 4.90 Å². The lowest BCUT2D eigenvalue weighted by atomic mass is 10.2. The molecule has 2 N–H and O–H groups in total. The molecule has 1 heterocycles. The number of halogens is 1. The maximum absolute atomic E-state index is 12.1. The molecular formula is C17H27ClN3O+. The zero-order chi connectivity index (χ0) is 15.9. The maximum Gasteiger partial charge on any atom is 0.275 e. The SMILES string of the molecule is CCC(CC)NC(=O)C[NH+]1CCN(c2ccccc2Cl)CC1. The topological polar surface area (TPSA) is 36.8 Å². The van der Waals surface area contributed by atoms with Gasteiger partial charge >= 0.3 is 0 Å². The second-order valence-electron chi connectivity index (χ2n) is 5.95. The largest absolute Gasteiger partial charge is 0.359 e. The van der Waals surface area contributed by atoms with Crippen LogP contribution in [0.3, 0.4) is 0 Å². The lowest BCUT2D eigenvalue weighted by Crippen LogP contribution is -3.16. The number of hydrogen-bond acceptors (Lipinski definition) is 2. The zero-order valence-corrected chi connectivity index (χ0v) is 14.3. The molecule has 0 saturated carbocycles. The van der Waals surface area contributed by atoms with Gasteiger partial charge in [-0.3, -0.25) is 4.79 Å². The van der Waals surface area contributed by atoms with Crippen LogP contribution in [0.2, 0.25) is 5.02 Å². The Bertz CT molecular complexity index is 483. The number of piperazine rings is 1. The van der Waals surface area contributed by atoms with Gasteiger partial charge in [-0.1, -0.05) is 37.6 Å². The second kappa shape index (κ2) is 8.39. The fourth-order valence-electron chi connectivity index (χ4n) is 2.95. The van der Waals surface area contributed by atoms with Gasteiger partial charge in [0.2, 0.25) is 0 Å². The quantitative estimate of drug-likeness (QED) is 0.829. The predicted octanol–water partition coefficient (Wildman–Crippen LogP) is 1.35. The Hall–Kier alpha value is -1.26. The predicted molar refractivity (Wildman–Crippen MR) is 91.7 cm³/mol. The zero-order valence-electron chi connectivity index (χ0n) is 13.6. The van der Waals surface area contributed by atoms with Gasteiger partial charge in [0.25, 0.3) is 5.91 Å². The number of hydrogen-bond donors (Lipinski definition) is 2. The van der Waals surface area contributed by atoms with Crippen molar-refractivity contribution in [1.29, 1.82) is 0 Å². The summed E-state index contributed by atoms with van der Waals surface area (Å²) in [5, 5.41) is 3.92. The summed E-state index contributed by atoms with van der Waals surface area (Å²) in [6.45, 7) is 8.64. The molecule has 22 heavy (non-hydrogen) atoms. The van der Waals surface area contributed by atoms with Gasteiger partial charge in [0.05, 0.1) is 36.9 Å². The molecule has 2 rings (SSSR count). The number of carbonyl (C=O) groups excluding carboxylic acids is 1. The Kier molecular flexibility index (Phi) is 6.52. The van der Waals surface area contributed by atoms with Crippen LogP contribution in [0.5, 0.6) is 0 Å². The molecule has 0 unspecified atom stereocenters. The molecule has 1 aromatic carbocycles. The number of amides is 1. The molecule has 5 heteroatoms. The third kappa shape index (κ3) is 4.62. The Balaban J connectivity index is 1.80. The lowest BCUT2D eigenvalue weighted by Gasteiger charge is -2.34. The van der Waals surface area contributed by atoms with Gasteiger partial charge in [0, 0.05) is 6.04 Å². The molecule has 122 valence electrons. The van der Waals surface area contributed by atoms with Gasteiger partial charge in [-0.25, -0.2) is 0 Å². The molecule has 1 fully saturated rings. The van der Waals surface area contributed by atoms with E-state index in [1.807, 2.05) is 18.2 Å². The van der Waals surface area contributed by atoms with E-state index in [1.54, 1.807) is 0 Å². The summed E-state index contributed by atoms with van der Waals surface area (Å²) in [5.41, 5.74) is 1.10. The summed E-state index contributed by atoms with van der Waals surface area (Å²) in [6, 6.07) is 8.28. The minimum atomic E-state index is 0.176. The molecule has 1 saturated heterocycles. The molecule has 1 aliphatic heterocycles. The van der Waals surface area contributed by atoms with E-state index in [9.17, 15) is 4.79 Å². The van der Waals surface area contributed by atoms with Crippen molar-refractivity contribution < 1.29 is 9.69 Å². The average molecular weight is 325 g/mol. The standard InChI is InChI=1S/C17H26ClN3O/c1-3-14(4-2)19-17(22)13-20-9-11-21(12-10-20)16-8-6-5-7-15(16)18/h5-8,14H,3-4,9-13H2,1-2H3,(H,19,22)/p+1. The minimum absolute atomic E-state index is 0.176. The smallest absolute Gasteiger partial charge is 0.275 e. The summed E-state index contributed by atoms with van der Waals surface area (Å²) in [4.78, 5) is 15.7. The monoisotopic (exact) mass is 324 g/mol. The van der Waals surface area contributed by atoms with E-state index < -0.39 is 0 Å². The van der Waals surface area contributed by atoms with E-state index in [0.717, 1.165) is 49.7 Å². The first-order valence-electron chi connectivity index (χ1n) is 8.26. The minimum Gasteiger partial charge on any atom is -0.359 e. The number of para-hydroxylation sites is 1. The summed E-state index contributed by atoms with van der Waals surface area (Å²) in [5.74, 6) is 0.176. The normalized spacial score (nSPS) is 16.1. The van der Waals surface area contributed by atoms with Gasteiger partial charge in [-0.15, -0.1) is 0 Å². The van der Waals surface area contributed by atoms with Crippen LogP contribution < -0.4 is 15.1 Å². The van der Waals surface area contributed by atoms with Crippen LogP contribution in [0.4, 0.5) is 5.69 Å². The Morgan fingerprint density at radius 1 is 1.27 bits per heavy atom. The molecule has 0 bridgehead atoms. The first-order chi connectivity index (χ1) is 10.6. The van der Waals surface area contributed by atoms with Crippen LogP contribution >= 0.6 is 11.6 Å². The Labute approximate surface area is 138 Å². The second-order valence-corrected chi connectivity index (χ2v) is 6.35. The van der Waals surface area contributed by atoms with Crippen LogP contribution in [0.15, 0.2) is 24.3 Å². The number of nitrogens with zero attached hydrogens (tertiary/aromatic N) is 1. The highest BCUT2D eigenvalue weighted by Gasteiger charge is 2.23. The first kappa shape index (κ1) is 17.1. The third-order valence-electron chi connectivity index (χ3n) is 4.42. The number of carbonyl (C=O) groups is 1. The summed E-state index contributed by atoms with van der Waals surface area (Å²) in [6.07, 6.45) is 2.00. The third-order valence-corrected chi connectivity index (χ3v) is 4.74. The number of quaternary nitrogens is 1. The molecule has 0 aliphatic carbocycles. The molecule has 0 aromatic heterocycles. The van der Waals surface area contributed by atoms with Crippen molar-refractivity contribution >= 4 is 23.2 Å². The maximum atomic E-state index is 12.1. The Morgan fingerprint density at radius 2 is 1.91 bits per heavy atom. The Morgan fingerprint density at radius 3 is 2.50 bits per heavy atom. The van der Waals surface area contributed by atoms with Crippen LogP contribution in [-0.4, -0.2) is 44.7 Å². The van der Waals surface area contributed by atoms with Gasteiger partial charge in [-0.05, 0) is 25.0 Å². The van der Waals surface area contributed by atoms with Gasteiger partial charge < -0.3 is 15.1 Å². The number of anilines is 1. The fourth-order valence-corrected chi connectivity index (χ4v) is 3.20. The fraction of sp³-hybridized carbons (Fsp3) is 0.588. The highest BCUT2D eigenvalue weighted by Crippen LogP contribution is 2.24. The molecule has 0 radical (unpaired) electrons. The number of nitrogens with one attached hydrogen (secondary N) is 2. The lowest BCUT2D eigenvalue weighted by molar-refractivity contribution is -0.892. The average Bonchev–Trinajstić information content (AvgIpc) is 2.54. The van der Waals surface area contributed by atoms with Crippen molar-refractivity contribution in [3.63, 3.8) is 0 Å². The van der Waals surface area contributed by atoms with Crippen molar-refractivity contribution in [2.45, 2.75) is 32.7 Å². The van der Waals surface area contributed by atoms with Crippen molar-refractivity contribution in [1.82, 2.24) is 5.32 Å². The van der Waals surface area contributed by atoms with E-state index in [4.69, 9.17) is 11.6 Å². The first-order valence-corrected chi connectivity index (χ1v) is 8.64. The molecular weight excluding hydrogens is 298 g/mol. The molecule has 1 amide bonds. The van der Waals surface area contributed by atoms with E-state index in [0.29, 0.717) is 12.6 Å². The van der Waals surface area contributed by atoms with Gasteiger partial charge in [0.1, 0.15) is 0 Å².